The van der Waals surface area contributed by atoms with Gasteiger partial charge in [0.15, 0.2) is 0 Å². The van der Waals surface area contributed by atoms with Gasteiger partial charge in [0.2, 0.25) is 5.91 Å². The van der Waals surface area contributed by atoms with Crippen molar-refractivity contribution in [3.05, 3.63) is 29.3 Å². The van der Waals surface area contributed by atoms with E-state index in [2.05, 4.69) is 5.32 Å². The fraction of sp³-hybridized carbons (Fsp3) is 0.429. The summed E-state index contributed by atoms with van der Waals surface area (Å²) < 4.78 is 37.7. The van der Waals surface area contributed by atoms with Crippen molar-refractivity contribution in [1.82, 2.24) is 0 Å². The number of nitrogens with one attached hydrogen (secondary N) is 1. The molecule has 0 aliphatic carbocycles. The third-order valence-corrected chi connectivity index (χ3v) is 2.94. The second-order valence-corrected chi connectivity index (χ2v) is 5.70. The van der Waals surface area contributed by atoms with Crippen molar-refractivity contribution in [3.8, 4) is 6.07 Å². The molecule has 0 aliphatic rings. The van der Waals surface area contributed by atoms with Gasteiger partial charge in [-0.15, -0.1) is 0 Å². The van der Waals surface area contributed by atoms with E-state index in [0.29, 0.717) is 6.07 Å². The minimum atomic E-state index is -4.55. The second kappa shape index (κ2) is 5.74. The molecule has 1 aromatic rings. The quantitative estimate of drug-likeness (QED) is 0.881. The third-order valence-electron chi connectivity index (χ3n) is 2.94. The molecule has 3 N–H and O–H groups in total. The number of nitrogens with two attached hydrogens (primary N) is 1. The van der Waals surface area contributed by atoms with E-state index in [1.807, 2.05) is 0 Å². The Labute approximate surface area is 120 Å². The zero-order valence-corrected chi connectivity index (χ0v) is 11.9. The third kappa shape index (κ3) is 4.20. The van der Waals surface area contributed by atoms with Gasteiger partial charge in [-0.05, 0) is 23.6 Å². The van der Waals surface area contributed by atoms with Gasteiger partial charge >= 0.3 is 6.18 Å². The number of anilines is 1. The van der Waals surface area contributed by atoms with Crippen LogP contribution in [0, 0.1) is 16.7 Å². The van der Waals surface area contributed by atoms with Crippen LogP contribution in [-0.2, 0) is 11.0 Å². The number of alkyl halides is 3. The molecule has 0 heterocycles. The molecule has 7 heteroatoms. The van der Waals surface area contributed by atoms with Crippen molar-refractivity contribution < 1.29 is 18.0 Å². The van der Waals surface area contributed by atoms with Crippen LogP contribution in [0.15, 0.2) is 18.2 Å². The fourth-order valence-corrected chi connectivity index (χ4v) is 1.53. The summed E-state index contributed by atoms with van der Waals surface area (Å²) in [6.45, 7) is 5.28. The molecule has 0 fully saturated rings. The van der Waals surface area contributed by atoms with Crippen LogP contribution in [0.25, 0.3) is 0 Å². The number of halogens is 3. The van der Waals surface area contributed by atoms with Crippen molar-refractivity contribution in [1.29, 1.82) is 5.26 Å². The molecule has 0 aliphatic heterocycles. The van der Waals surface area contributed by atoms with E-state index >= 15 is 0 Å². The highest BCUT2D eigenvalue weighted by Crippen LogP contribution is 2.31. The first-order chi connectivity index (χ1) is 9.46. The SMILES string of the molecule is CC(C)(C)C(N)C(=O)Nc1ccc(C(F)(F)F)cc1C#N. The molecule has 1 atom stereocenters. The Hall–Kier alpha value is -2.07. The van der Waals surface area contributed by atoms with Crippen LogP contribution in [-0.4, -0.2) is 11.9 Å². The van der Waals surface area contributed by atoms with Crippen molar-refractivity contribution in [2.45, 2.75) is 33.0 Å². The maximum absolute atomic E-state index is 12.6. The molecule has 1 rings (SSSR count). The van der Waals surface area contributed by atoms with Crippen molar-refractivity contribution in [3.63, 3.8) is 0 Å². The van der Waals surface area contributed by atoms with Crippen LogP contribution in [0.3, 0.4) is 0 Å². The molecule has 0 saturated carbocycles. The summed E-state index contributed by atoms with van der Waals surface area (Å²) in [5.74, 6) is -0.557. The van der Waals surface area contributed by atoms with Gasteiger partial charge in [0, 0.05) is 0 Å². The molecule has 0 saturated heterocycles. The highest BCUT2D eigenvalue weighted by molar-refractivity contribution is 5.96. The lowest BCUT2D eigenvalue weighted by Gasteiger charge is -2.26. The normalized spacial score (nSPS) is 13.4. The largest absolute Gasteiger partial charge is 0.416 e. The van der Waals surface area contributed by atoms with Gasteiger partial charge in [0.05, 0.1) is 22.9 Å². The van der Waals surface area contributed by atoms with E-state index < -0.39 is 29.1 Å². The molecule has 21 heavy (non-hydrogen) atoms. The van der Waals surface area contributed by atoms with Gasteiger partial charge in [-0.1, -0.05) is 20.8 Å². The topological polar surface area (TPSA) is 78.9 Å². The average molecular weight is 299 g/mol. The van der Waals surface area contributed by atoms with Crippen LogP contribution in [0.2, 0.25) is 0 Å². The Balaban J connectivity index is 3.06. The van der Waals surface area contributed by atoms with Gasteiger partial charge in [-0.3, -0.25) is 4.79 Å². The number of carbonyl (C=O) groups excluding carboxylic acids is 1. The zero-order chi connectivity index (χ0) is 16.4. The fourth-order valence-electron chi connectivity index (χ4n) is 1.53. The maximum atomic E-state index is 12.6. The molecule has 0 spiro atoms. The summed E-state index contributed by atoms with van der Waals surface area (Å²) >= 11 is 0. The van der Waals surface area contributed by atoms with Crippen molar-refractivity contribution in [2.24, 2.45) is 11.1 Å². The van der Waals surface area contributed by atoms with Crippen LogP contribution >= 0.6 is 0 Å². The van der Waals surface area contributed by atoms with E-state index in [-0.39, 0.29) is 11.3 Å². The molecule has 1 unspecified atom stereocenters. The van der Waals surface area contributed by atoms with E-state index in [4.69, 9.17) is 11.0 Å². The van der Waals surface area contributed by atoms with Crippen LogP contribution in [0.1, 0.15) is 31.9 Å². The Bertz CT molecular complexity index is 583. The van der Waals surface area contributed by atoms with Crippen LogP contribution in [0.4, 0.5) is 18.9 Å². The first-order valence-electron chi connectivity index (χ1n) is 6.14. The zero-order valence-electron chi connectivity index (χ0n) is 11.9. The smallest absolute Gasteiger partial charge is 0.324 e. The molecule has 1 amide bonds. The molecular weight excluding hydrogens is 283 g/mol. The highest BCUT2D eigenvalue weighted by Gasteiger charge is 2.32. The predicted octanol–water partition coefficient (Wildman–Crippen LogP) is 2.89. The monoisotopic (exact) mass is 299 g/mol. The van der Waals surface area contributed by atoms with Gasteiger partial charge in [-0.25, -0.2) is 0 Å². The second-order valence-electron chi connectivity index (χ2n) is 5.70. The lowest BCUT2D eigenvalue weighted by Crippen LogP contribution is -2.45. The van der Waals surface area contributed by atoms with Crippen LogP contribution in [0.5, 0.6) is 0 Å². The number of nitriles is 1. The Morgan fingerprint density at radius 3 is 2.33 bits per heavy atom. The Morgan fingerprint density at radius 1 is 1.33 bits per heavy atom. The minimum absolute atomic E-state index is 0.00944. The maximum Gasteiger partial charge on any atom is 0.416 e. The van der Waals surface area contributed by atoms with E-state index in [1.54, 1.807) is 26.8 Å². The summed E-state index contributed by atoms with van der Waals surface area (Å²) in [4.78, 5) is 11.9. The number of hydrogen-bond donors (Lipinski definition) is 2. The molecule has 0 radical (unpaired) electrons. The standard InChI is InChI=1S/C14H16F3N3O/c1-13(2,3)11(19)12(21)20-10-5-4-9(14(15,16)17)6-8(10)7-18/h4-6,11H,19H2,1-3H3,(H,20,21). The Morgan fingerprint density at radius 2 is 1.90 bits per heavy atom. The molecule has 4 nitrogen and oxygen atoms in total. The number of nitrogens with zero attached hydrogens (tertiary/aromatic N) is 1. The summed E-state index contributed by atoms with van der Waals surface area (Å²) in [5.41, 5.74) is 4.04. The molecular formula is C14H16F3N3O. The van der Waals surface area contributed by atoms with Crippen molar-refractivity contribution >= 4 is 11.6 Å². The molecule has 0 aromatic heterocycles. The number of hydrogen-bond acceptors (Lipinski definition) is 3. The molecule has 114 valence electrons. The number of rotatable bonds is 2. The molecule has 0 bridgehead atoms. The average Bonchev–Trinajstić information content (AvgIpc) is 2.35. The van der Waals surface area contributed by atoms with Gasteiger partial charge in [0.1, 0.15) is 6.07 Å². The lowest BCUT2D eigenvalue weighted by atomic mass is 9.87. The van der Waals surface area contributed by atoms with E-state index in [1.165, 1.54) is 0 Å². The van der Waals surface area contributed by atoms with E-state index in [9.17, 15) is 18.0 Å². The number of benzene rings is 1. The number of carbonyl (C=O) groups is 1. The number of amides is 1. The summed E-state index contributed by atoms with van der Waals surface area (Å²) in [5, 5.41) is 11.3. The van der Waals surface area contributed by atoms with Gasteiger partial charge in [0.25, 0.3) is 0 Å². The Kier molecular flexibility index (Phi) is 4.64. The highest BCUT2D eigenvalue weighted by atomic mass is 19.4. The summed E-state index contributed by atoms with van der Waals surface area (Å²) in [7, 11) is 0. The van der Waals surface area contributed by atoms with Crippen molar-refractivity contribution in [2.75, 3.05) is 5.32 Å². The summed E-state index contributed by atoms with van der Waals surface area (Å²) in [6.07, 6.45) is -4.55. The summed E-state index contributed by atoms with van der Waals surface area (Å²) in [6, 6.07) is 3.33. The first-order valence-corrected chi connectivity index (χ1v) is 6.14. The predicted molar refractivity (Wildman–Crippen MR) is 72.2 cm³/mol. The van der Waals surface area contributed by atoms with Crippen LogP contribution < -0.4 is 11.1 Å². The lowest BCUT2D eigenvalue weighted by molar-refractivity contribution is -0.137. The molecule has 1 aromatic carbocycles. The van der Waals surface area contributed by atoms with Gasteiger partial charge in [-0.2, -0.15) is 18.4 Å². The van der Waals surface area contributed by atoms with Gasteiger partial charge < -0.3 is 11.1 Å². The minimum Gasteiger partial charge on any atom is -0.324 e. The van der Waals surface area contributed by atoms with E-state index in [0.717, 1.165) is 12.1 Å². The first kappa shape index (κ1) is 17.0.